The zero-order chi connectivity index (χ0) is 16.9. The van der Waals surface area contributed by atoms with Gasteiger partial charge in [0, 0.05) is 20.8 Å². The third kappa shape index (κ3) is 4.01. The van der Waals surface area contributed by atoms with Crippen molar-refractivity contribution >= 4 is 55.0 Å². The summed E-state index contributed by atoms with van der Waals surface area (Å²) in [7, 11) is 0. The molecule has 0 saturated carbocycles. The SMILES string of the molecule is O=C(Nc1ccc(Br)cc1)c1cccnc1Nc1ccccc1Br. The Morgan fingerprint density at radius 2 is 1.67 bits per heavy atom. The van der Waals surface area contributed by atoms with Crippen LogP contribution >= 0.6 is 31.9 Å². The van der Waals surface area contributed by atoms with Crippen LogP contribution in [-0.2, 0) is 0 Å². The lowest BCUT2D eigenvalue weighted by atomic mass is 10.2. The topological polar surface area (TPSA) is 54.0 Å². The van der Waals surface area contributed by atoms with E-state index in [1.54, 1.807) is 18.3 Å². The summed E-state index contributed by atoms with van der Waals surface area (Å²) < 4.78 is 1.85. The molecule has 6 heteroatoms. The summed E-state index contributed by atoms with van der Waals surface area (Å²) >= 11 is 6.86. The first kappa shape index (κ1) is 16.7. The quantitative estimate of drug-likeness (QED) is 0.548. The second-order valence-electron chi connectivity index (χ2n) is 4.97. The van der Waals surface area contributed by atoms with Gasteiger partial charge in [-0.05, 0) is 64.5 Å². The van der Waals surface area contributed by atoms with Crippen LogP contribution in [-0.4, -0.2) is 10.9 Å². The second-order valence-corrected chi connectivity index (χ2v) is 6.74. The minimum absolute atomic E-state index is 0.222. The smallest absolute Gasteiger partial charge is 0.259 e. The van der Waals surface area contributed by atoms with Crippen molar-refractivity contribution < 1.29 is 4.79 Å². The lowest BCUT2D eigenvalue weighted by Gasteiger charge is -2.12. The fraction of sp³-hybridized carbons (Fsp3) is 0. The summed E-state index contributed by atoms with van der Waals surface area (Å²) in [6.07, 6.45) is 1.65. The van der Waals surface area contributed by atoms with E-state index in [2.05, 4.69) is 47.5 Å². The predicted octanol–water partition coefficient (Wildman–Crippen LogP) is 5.60. The van der Waals surface area contributed by atoms with Crippen LogP contribution in [0.15, 0.2) is 75.8 Å². The van der Waals surface area contributed by atoms with Crippen molar-refractivity contribution in [3.8, 4) is 0 Å². The number of benzene rings is 2. The maximum Gasteiger partial charge on any atom is 0.259 e. The number of aromatic nitrogens is 1. The molecule has 0 spiro atoms. The van der Waals surface area contributed by atoms with Gasteiger partial charge in [-0.15, -0.1) is 0 Å². The van der Waals surface area contributed by atoms with Crippen molar-refractivity contribution in [1.82, 2.24) is 4.98 Å². The molecule has 1 aromatic heterocycles. The van der Waals surface area contributed by atoms with Crippen LogP contribution in [0.3, 0.4) is 0 Å². The maximum absolute atomic E-state index is 12.6. The number of hydrogen-bond acceptors (Lipinski definition) is 3. The molecular formula is C18H13Br2N3O. The first-order valence-electron chi connectivity index (χ1n) is 7.17. The molecule has 0 saturated heterocycles. The zero-order valence-electron chi connectivity index (χ0n) is 12.5. The number of nitrogens with zero attached hydrogens (tertiary/aromatic N) is 1. The number of rotatable bonds is 4. The molecule has 24 heavy (non-hydrogen) atoms. The summed E-state index contributed by atoms with van der Waals surface area (Å²) in [5.74, 6) is 0.277. The number of nitrogens with one attached hydrogen (secondary N) is 2. The Morgan fingerprint density at radius 3 is 2.42 bits per heavy atom. The van der Waals surface area contributed by atoms with Gasteiger partial charge in [-0.3, -0.25) is 4.79 Å². The Morgan fingerprint density at radius 1 is 0.917 bits per heavy atom. The lowest BCUT2D eigenvalue weighted by molar-refractivity contribution is 0.102. The average Bonchev–Trinajstić information content (AvgIpc) is 2.59. The van der Waals surface area contributed by atoms with Gasteiger partial charge in [-0.2, -0.15) is 0 Å². The highest BCUT2D eigenvalue weighted by Crippen LogP contribution is 2.26. The highest BCUT2D eigenvalue weighted by Gasteiger charge is 2.13. The molecule has 0 fully saturated rings. The molecule has 120 valence electrons. The molecule has 0 atom stereocenters. The van der Waals surface area contributed by atoms with Crippen LogP contribution in [0.1, 0.15) is 10.4 Å². The summed E-state index contributed by atoms with van der Waals surface area (Å²) in [6.45, 7) is 0. The summed E-state index contributed by atoms with van der Waals surface area (Å²) in [5.41, 5.74) is 2.03. The number of carbonyl (C=O) groups is 1. The summed E-state index contributed by atoms with van der Waals surface area (Å²) in [4.78, 5) is 16.9. The van der Waals surface area contributed by atoms with E-state index in [4.69, 9.17) is 0 Å². The monoisotopic (exact) mass is 445 g/mol. The molecule has 4 nitrogen and oxygen atoms in total. The minimum Gasteiger partial charge on any atom is -0.339 e. The van der Waals surface area contributed by atoms with E-state index in [1.165, 1.54) is 0 Å². The van der Waals surface area contributed by atoms with Gasteiger partial charge in [0.2, 0.25) is 0 Å². The van der Waals surface area contributed by atoms with E-state index in [1.807, 2.05) is 48.5 Å². The van der Waals surface area contributed by atoms with Crippen molar-refractivity contribution in [3.05, 3.63) is 81.4 Å². The Bertz CT molecular complexity index is 866. The third-order valence-electron chi connectivity index (χ3n) is 3.28. The van der Waals surface area contributed by atoms with E-state index in [-0.39, 0.29) is 5.91 Å². The molecular weight excluding hydrogens is 434 g/mol. The van der Waals surface area contributed by atoms with Gasteiger partial charge in [-0.1, -0.05) is 28.1 Å². The Kier molecular flexibility index (Phi) is 5.27. The van der Waals surface area contributed by atoms with E-state index in [0.717, 1.165) is 20.3 Å². The molecule has 0 aliphatic rings. The van der Waals surface area contributed by atoms with Crippen molar-refractivity contribution in [2.75, 3.05) is 10.6 Å². The largest absolute Gasteiger partial charge is 0.339 e. The first-order valence-corrected chi connectivity index (χ1v) is 8.75. The minimum atomic E-state index is -0.222. The number of carbonyl (C=O) groups excluding carboxylic acids is 1. The summed E-state index contributed by atoms with van der Waals surface area (Å²) in [5, 5.41) is 6.07. The molecule has 1 heterocycles. The van der Waals surface area contributed by atoms with Gasteiger partial charge in [0.1, 0.15) is 5.82 Å². The molecule has 0 unspecified atom stereocenters. The normalized spacial score (nSPS) is 10.2. The van der Waals surface area contributed by atoms with Gasteiger partial charge in [0.25, 0.3) is 5.91 Å². The van der Waals surface area contributed by atoms with Crippen molar-refractivity contribution in [1.29, 1.82) is 0 Å². The van der Waals surface area contributed by atoms with E-state index < -0.39 is 0 Å². The van der Waals surface area contributed by atoms with Crippen molar-refractivity contribution in [3.63, 3.8) is 0 Å². The van der Waals surface area contributed by atoms with Crippen molar-refractivity contribution in [2.45, 2.75) is 0 Å². The maximum atomic E-state index is 12.6. The highest BCUT2D eigenvalue weighted by molar-refractivity contribution is 9.10. The molecule has 2 N–H and O–H groups in total. The third-order valence-corrected chi connectivity index (χ3v) is 4.50. The summed E-state index contributed by atoms with van der Waals surface area (Å²) in [6, 6.07) is 18.6. The van der Waals surface area contributed by atoms with Crippen LogP contribution in [0.5, 0.6) is 0 Å². The fourth-order valence-electron chi connectivity index (χ4n) is 2.11. The van der Waals surface area contributed by atoms with Crippen LogP contribution in [0.4, 0.5) is 17.2 Å². The van der Waals surface area contributed by atoms with Gasteiger partial charge in [0.15, 0.2) is 0 Å². The Hall–Kier alpha value is -2.18. The number of pyridine rings is 1. The molecule has 0 aliphatic heterocycles. The Labute approximate surface area is 156 Å². The number of amides is 1. The van der Waals surface area contributed by atoms with Crippen LogP contribution in [0.25, 0.3) is 0 Å². The zero-order valence-corrected chi connectivity index (χ0v) is 15.6. The number of halogens is 2. The van der Waals surface area contributed by atoms with Gasteiger partial charge in [-0.25, -0.2) is 4.98 Å². The predicted molar refractivity (Wildman–Crippen MR) is 104 cm³/mol. The van der Waals surface area contributed by atoms with Crippen LogP contribution in [0.2, 0.25) is 0 Å². The average molecular weight is 447 g/mol. The standard InChI is InChI=1S/C18H13Br2N3O/c19-12-7-9-13(10-8-12)22-18(24)14-4-3-11-21-17(14)23-16-6-2-1-5-15(16)20/h1-11H,(H,21,23)(H,22,24). The molecule has 0 aliphatic carbocycles. The highest BCUT2D eigenvalue weighted by atomic mass is 79.9. The molecule has 0 bridgehead atoms. The molecule has 3 rings (SSSR count). The number of para-hydroxylation sites is 1. The Balaban J connectivity index is 1.84. The van der Waals surface area contributed by atoms with E-state index in [0.29, 0.717) is 11.4 Å². The molecule has 1 amide bonds. The number of hydrogen-bond donors (Lipinski definition) is 2. The first-order chi connectivity index (χ1) is 11.6. The van der Waals surface area contributed by atoms with E-state index in [9.17, 15) is 4.79 Å². The number of anilines is 3. The fourth-order valence-corrected chi connectivity index (χ4v) is 2.76. The van der Waals surface area contributed by atoms with Gasteiger partial charge < -0.3 is 10.6 Å². The van der Waals surface area contributed by atoms with E-state index >= 15 is 0 Å². The molecule has 3 aromatic rings. The lowest BCUT2D eigenvalue weighted by Crippen LogP contribution is -2.14. The van der Waals surface area contributed by atoms with Gasteiger partial charge >= 0.3 is 0 Å². The molecule has 2 aromatic carbocycles. The van der Waals surface area contributed by atoms with Gasteiger partial charge in [0.05, 0.1) is 11.3 Å². The van der Waals surface area contributed by atoms with Crippen LogP contribution < -0.4 is 10.6 Å². The molecule has 0 radical (unpaired) electrons. The van der Waals surface area contributed by atoms with Crippen molar-refractivity contribution in [2.24, 2.45) is 0 Å². The second kappa shape index (κ2) is 7.59. The van der Waals surface area contributed by atoms with Crippen LogP contribution in [0, 0.1) is 0 Å².